The average Bonchev–Trinajstić information content (AvgIpc) is 2.72. The number of anilines is 1. The molecule has 2 N–H and O–H groups in total. The molecule has 1 aromatic carbocycles. The highest BCUT2D eigenvalue weighted by molar-refractivity contribution is 9.10. The normalized spacial score (nSPS) is 11.6. The molecule has 2 aromatic rings. The lowest BCUT2D eigenvalue weighted by atomic mass is 10.1. The molecule has 0 bridgehead atoms. The molecular formula is C12H11BrF3N3. The van der Waals surface area contributed by atoms with E-state index >= 15 is 0 Å². The third-order valence-electron chi connectivity index (χ3n) is 2.67. The Hall–Kier alpha value is -1.50. The molecule has 0 unspecified atom stereocenters. The van der Waals surface area contributed by atoms with Gasteiger partial charge in [0.25, 0.3) is 0 Å². The monoisotopic (exact) mass is 333 g/mol. The van der Waals surface area contributed by atoms with E-state index in [2.05, 4.69) is 31.2 Å². The van der Waals surface area contributed by atoms with Crippen LogP contribution in [-0.2, 0) is 12.7 Å². The Morgan fingerprint density at radius 2 is 2.11 bits per heavy atom. The Morgan fingerprint density at radius 1 is 1.37 bits per heavy atom. The minimum absolute atomic E-state index is 0.0399. The van der Waals surface area contributed by atoms with Crippen LogP contribution in [0.2, 0.25) is 0 Å². The Balaban J connectivity index is 2.23. The number of hydrogen-bond acceptors (Lipinski definition) is 2. The van der Waals surface area contributed by atoms with Crippen LogP contribution in [0.4, 0.5) is 18.9 Å². The van der Waals surface area contributed by atoms with Crippen LogP contribution < -0.4 is 5.32 Å². The fourth-order valence-electron chi connectivity index (χ4n) is 1.65. The van der Waals surface area contributed by atoms with E-state index in [-0.39, 0.29) is 12.2 Å². The maximum atomic E-state index is 12.9. The number of halogens is 4. The van der Waals surface area contributed by atoms with E-state index in [4.69, 9.17) is 0 Å². The van der Waals surface area contributed by atoms with E-state index < -0.39 is 11.7 Å². The number of aryl methyl sites for hydroxylation is 1. The van der Waals surface area contributed by atoms with Crippen molar-refractivity contribution in [1.82, 2.24) is 9.97 Å². The van der Waals surface area contributed by atoms with Gasteiger partial charge in [0.2, 0.25) is 0 Å². The number of nitrogens with one attached hydrogen (secondary N) is 2. The Bertz CT molecular complexity index is 578. The molecule has 102 valence electrons. The van der Waals surface area contributed by atoms with Crippen LogP contribution in [0.1, 0.15) is 17.0 Å². The maximum Gasteiger partial charge on any atom is 0.418 e. The van der Waals surface area contributed by atoms with E-state index in [1.54, 1.807) is 6.07 Å². The van der Waals surface area contributed by atoms with Crippen LogP contribution in [0, 0.1) is 6.92 Å². The summed E-state index contributed by atoms with van der Waals surface area (Å²) in [7, 11) is 0. The fourth-order valence-corrected chi connectivity index (χ4v) is 2.01. The largest absolute Gasteiger partial charge is 0.418 e. The van der Waals surface area contributed by atoms with Gasteiger partial charge in [0.05, 0.1) is 24.1 Å². The van der Waals surface area contributed by atoms with Gasteiger partial charge < -0.3 is 10.3 Å². The predicted octanol–water partition coefficient (Wildman–Crippen LogP) is 4.11. The minimum Gasteiger partial charge on any atom is -0.379 e. The number of aromatic nitrogens is 2. The van der Waals surface area contributed by atoms with Gasteiger partial charge in [-0.25, -0.2) is 4.98 Å². The van der Waals surface area contributed by atoms with Crippen molar-refractivity contribution >= 4 is 21.6 Å². The summed E-state index contributed by atoms with van der Waals surface area (Å²) in [6.45, 7) is 2.05. The third kappa shape index (κ3) is 3.28. The Morgan fingerprint density at radius 3 is 2.68 bits per heavy atom. The molecule has 0 amide bonds. The summed E-state index contributed by atoms with van der Waals surface area (Å²) in [4.78, 5) is 6.91. The quantitative estimate of drug-likeness (QED) is 0.887. The molecule has 19 heavy (non-hydrogen) atoms. The number of H-pyrrole nitrogens is 1. The second-order valence-corrected chi connectivity index (χ2v) is 4.93. The lowest BCUT2D eigenvalue weighted by Gasteiger charge is -2.14. The molecule has 0 aliphatic carbocycles. The summed E-state index contributed by atoms with van der Waals surface area (Å²) >= 11 is 3.05. The van der Waals surface area contributed by atoms with Crippen LogP contribution in [-0.4, -0.2) is 9.97 Å². The molecule has 0 radical (unpaired) electrons. The topological polar surface area (TPSA) is 40.7 Å². The molecule has 0 spiro atoms. The van der Waals surface area contributed by atoms with Crippen molar-refractivity contribution in [1.29, 1.82) is 0 Å². The Labute approximate surface area is 116 Å². The van der Waals surface area contributed by atoms with Crippen molar-refractivity contribution in [2.45, 2.75) is 19.6 Å². The third-order valence-corrected chi connectivity index (χ3v) is 3.16. The first kappa shape index (κ1) is 13.9. The summed E-state index contributed by atoms with van der Waals surface area (Å²) in [5.41, 5.74) is 0.863. The van der Waals surface area contributed by atoms with E-state index in [9.17, 15) is 13.2 Å². The zero-order valence-corrected chi connectivity index (χ0v) is 11.6. The van der Waals surface area contributed by atoms with Gasteiger partial charge in [-0.1, -0.05) is 15.9 Å². The Kier molecular flexibility index (Phi) is 3.84. The number of alkyl halides is 3. The van der Waals surface area contributed by atoms with E-state index in [1.165, 1.54) is 12.4 Å². The van der Waals surface area contributed by atoms with Gasteiger partial charge >= 0.3 is 6.18 Å². The standard InChI is InChI=1S/C12H11BrF3N3/c1-7-11(19-6-18-7)5-17-10-3-2-8(13)4-9(10)12(14,15)16/h2-4,6,17H,5H2,1H3,(H,18,19). The van der Waals surface area contributed by atoms with Crippen molar-refractivity contribution in [2.24, 2.45) is 0 Å². The number of hydrogen-bond donors (Lipinski definition) is 2. The van der Waals surface area contributed by atoms with Gasteiger partial charge in [-0.15, -0.1) is 0 Å². The number of aromatic amines is 1. The van der Waals surface area contributed by atoms with Gasteiger partial charge in [0, 0.05) is 15.9 Å². The SMILES string of the molecule is Cc1[nH]cnc1CNc1ccc(Br)cc1C(F)(F)F. The van der Waals surface area contributed by atoms with Gasteiger partial charge in [-0.3, -0.25) is 0 Å². The minimum atomic E-state index is -4.40. The number of benzene rings is 1. The molecule has 0 atom stereocenters. The highest BCUT2D eigenvalue weighted by Gasteiger charge is 2.33. The van der Waals surface area contributed by atoms with Crippen molar-refractivity contribution in [3.8, 4) is 0 Å². The van der Waals surface area contributed by atoms with Crippen molar-refractivity contribution in [3.63, 3.8) is 0 Å². The van der Waals surface area contributed by atoms with E-state index in [0.29, 0.717) is 10.2 Å². The zero-order valence-electron chi connectivity index (χ0n) is 9.98. The summed E-state index contributed by atoms with van der Waals surface area (Å²) in [5, 5.41) is 2.77. The van der Waals surface area contributed by atoms with E-state index in [1.807, 2.05) is 6.92 Å². The smallest absolute Gasteiger partial charge is 0.379 e. The second kappa shape index (κ2) is 5.24. The van der Waals surface area contributed by atoms with Gasteiger partial charge in [-0.05, 0) is 25.1 Å². The first-order valence-corrected chi connectivity index (χ1v) is 6.26. The summed E-state index contributed by atoms with van der Waals surface area (Å²) in [6.07, 6.45) is -2.88. The second-order valence-electron chi connectivity index (χ2n) is 4.02. The molecule has 1 aromatic heterocycles. The number of imidazole rings is 1. The summed E-state index contributed by atoms with van der Waals surface area (Å²) in [6, 6.07) is 4.02. The molecule has 0 aliphatic heterocycles. The van der Waals surface area contributed by atoms with E-state index in [0.717, 1.165) is 11.8 Å². The average molecular weight is 334 g/mol. The fraction of sp³-hybridized carbons (Fsp3) is 0.250. The van der Waals surface area contributed by atoms with Crippen LogP contribution in [0.3, 0.4) is 0 Å². The van der Waals surface area contributed by atoms with Crippen LogP contribution >= 0.6 is 15.9 Å². The molecule has 2 rings (SSSR count). The van der Waals surface area contributed by atoms with Crippen LogP contribution in [0.15, 0.2) is 29.0 Å². The maximum absolute atomic E-state index is 12.9. The van der Waals surface area contributed by atoms with Gasteiger partial charge in [0.15, 0.2) is 0 Å². The molecular weight excluding hydrogens is 323 g/mol. The molecule has 0 fully saturated rings. The summed E-state index contributed by atoms with van der Waals surface area (Å²) in [5.74, 6) is 0. The zero-order chi connectivity index (χ0) is 14.0. The molecule has 3 nitrogen and oxygen atoms in total. The first-order chi connectivity index (χ1) is 8.88. The lowest BCUT2D eigenvalue weighted by molar-refractivity contribution is -0.137. The van der Waals surface area contributed by atoms with Crippen molar-refractivity contribution in [2.75, 3.05) is 5.32 Å². The predicted molar refractivity (Wildman–Crippen MR) is 69.8 cm³/mol. The van der Waals surface area contributed by atoms with Crippen LogP contribution in [0.25, 0.3) is 0 Å². The van der Waals surface area contributed by atoms with Crippen molar-refractivity contribution in [3.05, 3.63) is 46.0 Å². The highest BCUT2D eigenvalue weighted by Crippen LogP contribution is 2.36. The summed E-state index contributed by atoms with van der Waals surface area (Å²) < 4.78 is 39.1. The lowest BCUT2D eigenvalue weighted by Crippen LogP contribution is -2.11. The molecule has 0 saturated heterocycles. The number of nitrogens with zero attached hydrogens (tertiary/aromatic N) is 1. The molecule has 7 heteroatoms. The van der Waals surface area contributed by atoms with Crippen LogP contribution in [0.5, 0.6) is 0 Å². The van der Waals surface area contributed by atoms with Crippen molar-refractivity contribution < 1.29 is 13.2 Å². The molecule has 1 heterocycles. The van der Waals surface area contributed by atoms with Gasteiger partial charge in [-0.2, -0.15) is 13.2 Å². The first-order valence-electron chi connectivity index (χ1n) is 5.47. The molecule has 0 saturated carbocycles. The molecule has 0 aliphatic rings. The number of rotatable bonds is 3. The highest BCUT2D eigenvalue weighted by atomic mass is 79.9. The van der Waals surface area contributed by atoms with Gasteiger partial charge in [0.1, 0.15) is 0 Å².